The number of rotatable bonds is 13. The van der Waals surface area contributed by atoms with Gasteiger partial charge in [-0.3, -0.25) is 9.59 Å². The van der Waals surface area contributed by atoms with E-state index in [2.05, 4.69) is 28.2 Å². The molecule has 184 valence electrons. The molecule has 4 nitrogen and oxygen atoms in total. The molecule has 3 aromatic carbocycles. The molecule has 35 heavy (non-hydrogen) atoms. The van der Waals surface area contributed by atoms with Crippen LogP contribution in [-0.4, -0.2) is 35.1 Å². The molecular formula is C29H33BrN2O2S. The van der Waals surface area contributed by atoms with Crippen molar-refractivity contribution in [2.75, 3.05) is 12.3 Å². The molecule has 0 saturated carbocycles. The van der Waals surface area contributed by atoms with Gasteiger partial charge in [0.25, 0.3) is 0 Å². The van der Waals surface area contributed by atoms with Gasteiger partial charge in [0.1, 0.15) is 6.04 Å². The Kier molecular flexibility index (Phi) is 11.4. The average Bonchev–Trinajstić information content (AvgIpc) is 2.87. The van der Waals surface area contributed by atoms with E-state index in [4.69, 9.17) is 0 Å². The SMILES string of the molecule is CCCCNC(=O)[C@H](Cc1ccccc1)N(Cc1cccc(Br)c1)C(=O)CCSc1ccccc1. The molecule has 0 heterocycles. The summed E-state index contributed by atoms with van der Waals surface area (Å²) in [5.74, 6) is 0.550. The number of nitrogens with one attached hydrogen (secondary N) is 1. The number of benzene rings is 3. The summed E-state index contributed by atoms with van der Waals surface area (Å²) in [7, 11) is 0. The molecule has 0 aromatic heterocycles. The Morgan fingerprint density at radius 1 is 0.943 bits per heavy atom. The van der Waals surface area contributed by atoms with Gasteiger partial charge in [-0.2, -0.15) is 0 Å². The quantitative estimate of drug-likeness (QED) is 0.195. The largest absolute Gasteiger partial charge is 0.354 e. The zero-order valence-corrected chi connectivity index (χ0v) is 22.6. The molecule has 0 aliphatic carbocycles. The lowest BCUT2D eigenvalue weighted by atomic mass is 10.0. The molecule has 1 N–H and O–H groups in total. The fourth-order valence-corrected chi connectivity index (χ4v) is 5.12. The van der Waals surface area contributed by atoms with Crippen LogP contribution in [0, 0.1) is 0 Å². The van der Waals surface area contributed by atoms with Gasteiger partial charge in [0.05, 0.1) is 0 Å². The van der Waals surface area contributed by atoms with Crippen molar-refractivity contribution in [3.8, 4) is 0 Å². The summed E-state index contributed by atoms with van der Waals surface area (Å²) in [5.41, 5.74) is 2.02. The summed E-state index contributed by atoms with van der Waals surface area (Å²) in [5, 5.41) is 3.07. The minimum atomic E-state index is -0.581. The molecule has 0 aliphatic rings. The highest BCUT2D eigenvalue weighted by molar-refractivity contribution is 9.10. The number of thioether (sulfide) groups is 1. The molecule has 0 bridgehead atoms. The number of carbonyl (C=O) groups is 2. The molecule has 0 aliphatic heterocycles. The Bertz CT molecular complexity index is 1060. The van der Waals surface area contributed by atoms with E-state index < -0.39 is 6.04 Å². The van der Waals surface area contributed by atoms with E-state index >= 15 is 0 Å². The first kappa shape index (κ1) is 27.0. The summed E-state index contributed by atoms with van der Waals surface area (Å²) in [6.07, 6.45) is 2.75. The van der Waals surface area contributed by atoms with E-state index in [1.807, 2.05) is 84.9 Å². The van der Waals surface area contributed by atoms with Crippen LogP contribution in [0.15, 0.2) is 94.3 Å². The molecule has 2 amide bonds. The van der Waals surface area contributed by atoms with Crippen LogP contribution in [0.2, 0.25) is 0 Å². The number of hydrogen-bond donors (Lipinski definition) is 1. The first-order valence-electron chi connectivity index (χ1n) is 12.1. The fourth-order valence-electron chi connectivity index (χ4n) is 3.81. The predicted octanol–water partition coefficient (Wildman–Crippen LogP) is 6.49. The first-order valence-corrected chi connectivity index (χ1v) is 13.9. The minimum absolute atomic E-state index is 0.0139. The molecule has 3 aromatic rings. The Balaban J connectivity index is 1.83. The van der Waals surface area contributed by atoms with E-state index in [0.717, 1.165) is 33.3 Å². The molecule has 0 radical (unpaired) electrons. The Morgan fingerprint density at radius 3 is 2.31 bits per heavy atom. The van der Waals surface area contributed by atoms with Crippen LogP contribution >= 0.6 is 27.7 Å². The number of carbonyl (C=O) groups excluding carboxylic acids is 2. The van der Waals surface area contributed by atoms with E-state index in [9.17, 15) is 9.59 Å². The Labute approximate surface area is 221 Å². The van der Waals surface area contributed by atoms with Gasteiger partial charge in [0, 0.05) is 41.1 Å². The van der Waals surface area contributed by atoms with Gasteiger partial charge in [-0.25, -0.2) is 0 Å². The minimum Gasteiger partial charge on any atom is -0.354 e. The summed E-state index contributed by atoms with van der Waals surface area (Å²) in [6, 6.07) is 27.4. The maximum absolute atomic E-state index is 13.6. The monoisotopic (exact) mass is 552 g/mol. The topological polar surface area (TPSA) is 49.4 Å². The van der Waals surface area contributed by atoms with Crippen LogP contribution < -0.4 is 5.32 Å². The number of nitrogens with zero attached hydrogens (tertiary/aromatic N) is 1. The Hall–Kier alpha value is -2.57. The van der Waals surface area contributed by atoms with Crippen LogP contribution in [0.5, 0.6) is 0 Å². The second kappa shape index (κ2) is 14.7. The number of amides is 2. The van der Waals surface area contributed by atoms with E-state index in [1.54, 1.807) is 16.7 Å². The van der Waals surface area contributed by atoms with E-state index in [-0.39, 0.29) is 11.8 Å². The molecule has 0 unspecified atom stereocenters. The smallest absolute Gasteiger partial charge is 0.243 e. The molecule has 6 heteroatoms. The van der Waals surface area contributed by atoms with Crippen molar-refractivity contribution in [3.63, 3.8) is 0 Å². The van der Waals surface area contributed by atoms with E-state index in [1.165, 1.54) is 0 Å². The van der Waals surface area contributed by atoms with Crippen molar-refractivity contribution < 1.29 is 9.59 Å². The number of halogens is 1. The van der Waals surface area contributed by atoms with Crippen LogP contribution in [0.1, 0.15) is 37.3 Å². The molecule has 0 fully saturated rings. The highest BCUT2D eigenvalue weighted by Crippen LogP contribution is 2.21. The normalized spacial score (nSPS) is 11.6. The van der Waals surface area contributed by atoms with Crippen LogP contribution in [-0.2, 0) is 22.6 Å². The lowest BCUT2D eigenvalue weighted by molar-refractivity contribution is -0.141. The average molecular weight is 554 g/mol. The van der Waals surface area contributed by atoms with Crippen molar-refractivity contribution in [1.82, 2.24) is 10.2 Å². The lowest BCUT2D eigenvalue weighted by Crippen LogP contribution is -2.50. The van der Waals surface area contributed by atoms with Crippen molar-refractivity contribution in [3.05, 3.63) is 101 Å². The zero-order chi connectivity index (χ0) is 24.9. The van der Waals surface area contributed by atoms with Crippen LogP contribution in [0.4, 0.5) is 0 Å². The number of hydrogen-bond acceptors (Lipinski definition) is 3. The highest BCUT2D eigenvalue weighted by atomic mass is 79.9. The third kappa shape index (κ3) is 9.19. The maximum Gasteiger partial charge on any atom is 0.243 e. The van der Waals surface area contributed by atoms with Crippen molar-refractivity contribution in [2.45, 2.75) is 50.1 Å². The second-order valence-corrected chi connectivity index (χ2v) is 10.5. The third-order valence-corrected chi connectivity index (χ3v) is 7.18. The van der Waals surface area contributed by atoms with Crippen molar-refractivity contribution in [1.29, 1.82) is 0 Å². The zero-order valence-electron chi connectivity index (χ0n) is 20.2. The van der Waals surface area contributed by atoms with Crippen LogP contribution in [0.25, 0.3) is 0 Å². The van der Waals surface area contributed by atoms with Crippen molar-refractivity contribution in [2.24, 2.45) is 0 Å². The maximum atomic E-state index is 13.6. The Morgan fingerprint density at radius 2 is 1.63 bits per heavy atom. The van der Waals surface area contributed by atoms with E-state index in [0.29, 0.717) is 31.7 Å². The van der Waals surface area contributed by atoms with Crippen molar-refractivity contribution >= 4 is 39.5 Å². The highest BCUT2D eigenvalue weighted by Gasteiger charge is 2.30. The lowest BCUT2D eigenvalue weighted by Gasteiger charge is -2.31. The van der Waals surface area contributed by atoms with Gasteiger partial charge in [0.2, 0.25) is 11.8 Å². The van der Waals surface area contributed by atoms with Crippen LogP contribution in [0.3, 0.4) is 0 Å². The first-order chi connectivity index (χ1) is 17.1. The molecule has 0 spiro atoms. The summed E-state index contributed by atoms with van der Waals surface area (Å²) < 4.78 is 0.953. The summed E-state index contributed by atoms with van der Waals surface area (Å²) in [6.45, 7) is 3.09. The van der Waals surface area contributed by atoms with Gasteiger partial charge in [-0.05, 0) is 41.8 Å². The third-order valence-electron chi connectivity index (χ3n) is 5.67. The van der Waals surface area contributed by atoms with Gasteiger partial charge in [-0.15, -0.1) is 11.8 Å². The molecule has 3 rings (SSSR count). The van der Waals surface area contributed by atoms with Gasteiger partial charge in [0.15, 0.2) is 0 Å². The fraction of sp³-hybridized carbons (Fsp3) is 0.310. The molecule has 0 saturated heterocycles. The predicted molar refractivity (Wildman–Crippen MR) is 148 cm³/mol. The van der Waals surface area contributed by atoms with Gasteiger partial charge in [-0.1, -0.05) is 89.9 Å². The standard InChI is InChI=1S/C29H33BrN2O2S/c1-2-3-18-31-29(34)27(21-23-11-6-4-7-12-23)32(22-24-13-10-14-25(30)20-24)28(33)17-19-35-26-15-8-5-9-16-26/h4-16,20,27H,2-3,17-19,21-22H2,1H3,(H,31,34)/t27-/m0/s1. The van der Waals surface area contributed by atoms with Gasteiger partial charge >= 0.3 is 0 Å². The summed E-state index contributed by atoms with van der Waals surface area (Å²) in [4.78, 5) is 29.9. The van der Waals surface area contributed by atoms with Gasteiger partial charge < -0.3 is 10.2 Å². The molecule has 1 atom stereocenters. The molecular weight excluding hydrogens is 520 g/mol. The second-order valence-electron chi connectivity index (χ2n) is 8.41. The number of unbranched alkanes of at least 4 members (excludes halogenated alkanes) is 1. The summed E-state index contributed by atoms with van der Waals surface area (Å²) >= 11 is 5.19.